The minimum Gasteiger partial charge on any atom is -0.361 e. The number of aromatic amines is 1. The van der Waals surface area contributed by atoms with Gasteiger partial charge < -0.3 is 20.1 Å². The van der Waals surface area contributed by atoms with E-state index in [4.69, 9.17) is 0 Å². The molecular formula is C32H41N5O4S. The van der Waals surface area contributed by atoms with Crippen LogP contribution in [-0.2, 0) is 31.4 Å². The Labute approximate surface area is 248 Å². The van der Waals surface area contributed by atoms with Crippen molar-refractivity contribution in [3.63, 3.8) is 0 Å². The first kappa shape index (κ1) is 28.7. The summed E-state index contributed by atoms with van der Waals surface area (Å²) >= 11 is 0. The first-order chi connectivity index (χ1) is 20.1. The molecule has 42 heavy (non-hydrogen) atoms. The van der Waals surface area contributed by atoms with Gasteiger partial charge in [0.2, 0.25) is 21.8 Å². The minimum absolute atomic E-state index is 0.0307. The molecule has 0 bridgehead atoms. The molecule has 2 amide bonds. The zero-order valence-electron chi connectivity index (χ0n) is 24.5. The van der Waals surface area contributed by atoms with Gasteiger partial charge in [-0.25, -0.2) is 8.42 Å². The van der Waals surface area contributed by atoms with Gasteiger partial charge in [-0.2, -0.15) is 0 Å². The maximum atomic E-state index is 13.7. The number of carbonyl (C=O) groups is 2. The monoisotopic (exact) mass is 591 g/mol. The van der Waals surface area contributed by atoms with Crippen molar-refractivity contribution in [3.05, 3.63) is 65.9 Å². The maximum absolute atomic E-state index is 13.7. The number of fused-ring (bicyclic) bond motifs is 3. The van der Waals surface area contributed by atoms with E-state index in [1.54, 1.807) is 0 Å². The fourth-order valence-corrected chi connectivity index (χ4v) is 8.16. The lowest BCUT2D eigenvalue weighted by molar-refractivity contribution is -0.134. The summed E-state index contributed by atoms with van der Waals surface area (Å²) in [4.78, 5) is 34.5. The van der Waals surface area contributed by atoms with Crippen LogP contribution in [0.25, 0.3) is 10.9 Å². The van der Waals surface area contributed by atoms with Crippen molar-refractivity contribution >= 4 is 38.4 Å². The number of anilines is 1. The standard InChI is InChI=1S/C32H41N5O4S/c1-35-15-11-23(12-16-35)31(39)34-25(19-24-21-33-28-9-5-3-7-26(24)28)20-30(38)36-17-13-32(14-18-36)22-37(42(2,40)41)29-10-6-4-8-27(29)32/h3-10,21,23,25,33H,11-20,22H2,1-2H3,(H,34,39)/t25-/m0/s1. The third-order valence-corrected chi connectivity index (χ3v) is 10.8. The number of amides is 2. The summed E-state index contributed by atoms with van der Waals surface area (Å²) in [6.07, 6.45) is 7.12. The van der Waals surface area contributed by atoms with E-state index in [1.807, 2.05) is 53.6 Å². The van der Waals surface area contributed by atoms with Crippen LogP contribution in [0.4, 0.5) is 5.69 Å². The number of nitrogens with zero attached hydrogens (tertiary/aromatic N) is 3. The normalized spacial score (nSPS) is 20.1. The van der Waals surface area contributed by atoms with E-state index in [0.717, 1.165) is 53.6 Å². The van der Waals surface area contributed by atoms with E-state index in [9.17, 15) is 18.0 Å². The zero-order chi connectivity index (χ0) is 29.5. The molecule has 2 fully saturated rings. The van der Waals surface area contributed by atoms with Gasteiger partial charge in [0.05, 0.1) is 11.9 Å². The molecule has 1 atom stereocenters. The molecule has 224 valence electrons. The van der Waals surface area contributed by atoms with Crippen LogP contribution in [0.15, 0.2) is 54.7 Å². The van der Waals surface area contributed by atoms with Gasteiger partial charge in [-0.15, -0.1) is 0 Å². The maximum Gasteiger partial charge on any atom is 0.232 e. The molecular weight excluding hydrogens is 550 g/mol. The Morgan fingerprint density at radius 3 is 2.45 bits per heavy atom. The summed E-state index contributed by atoms with van der Waals surface area (Å²) < 4.78 is 26.7. The van der Waals surface area contributed by atoms with Crippen LogP contribution < -0.4 is 9.62 Å². The number of rotatable bonds is 7. The largest absolute Gasteiger partial charge is 0.361 e. The molecule has 9 nitrogen and oxygen atoms in total. The molecule has 3 aliphatic heterocycles. The predicted molar refractivity (Wildman–Crippen MR) is 165 cm³/mol. The van der Waals surface area contributed by atoms with E-state index >= 15 is 0 Å². The highest BCUT2D eigenvalue weighted by Gasteiger charge is 2.47. The van der Waals surface area contributed by atoms with E-state index in [1.165, 1.54) is 10.6 Å². The average Bonchev–Trinajstić information content (AvgIpc) is 3.53. The summed E-state index contributed by atoms with van der Waals surface area (Å²) in [5, 5.41) is 4.38. The number of aromatic nitrogens is 1. The zero-order valence-corrected chi connectivity index (χ0v) is 25.3. The molecule has 0 unspecified atom stereocenters. The van der Waals surface area contributed by atoms with Gasteiger partial charge in [0.15, 0.2) is 0 Å². The van der Waals surface area contributed by atoms with Crippen LogP contribution in [0.3, 0.4) is 0 Å². The molecule has 0 aliphatic carbocycles. The molecule has 6 rings (SSSR count). The van der Waals surface area contributed by atoms with Crippen molar-refractivity contribution in [2.45, 2.75) is 50.0 Å². The topological polar surface area (TPSA) is 106 Å². The van der Waals surface area contributed by atoms with Gasteiger partial charge in [-0.05, 0) is 75.5 Å². The Bertz CT molecular complexity index is 1570. The fourth-order valence-electron chi connectivity index (χ4n) is 7.16. The average molecular weight is 592 g/mol. The van der Waals surface area contributed by atoms with Gasteiger partial charge in [-0.1, -0.05) is 36.4 Å². The summed E-state index contributed by atoms with van der Waals surface area (Å²) in [5.74, 6) is 0.0447. The predicted octanol–water partition coefficient (Wildman–Crippen LogP) is 3.27. The Morgan fingerprint density at radius 1 is 1.02 bits per heavy atom. The number of likely N-dealkylation sites (tertiary alicyclic amines) is 2. The quantitative estimate of drug-likeness (QED) is 0.439. The van der Waals surface area contributed by atoms with Gasteiger partial charge >= 0.3 is 0 Å². The van der Waals surface area contributed by atoms with E-state index in [2.05, 4.69) is 28.3 Å². The molecule has 0 saturated carbocycles. The van der Waals surface area contributed by atoms with E-state index in [-0.39, 0.29) is 35.6 Å². The van der Waals surface area contributed by atoms with Crippen molar-refractivity contribution < 1.29 is 18.0 Å². The highest BCUT2D eigenvalue weighted by Crippen LogP contribution is 2.47. The molecule has 1 aromatic heterocycles. The third kappa shape index (κ3) is 5.66. The van der Waals surface area contributed by atoms with Gasteiger partial charge in [-0.3, -0.25) is 13.9 Å². The van der Waals surface area contributed by atoms with Crippen molar-refractivity contribution in [1.29, 1.82) is 0 Å². The number of carbonyl (C=O) groups excluding carboxylic acids is 2. The number of hydrogen-bond acceptors (Lipinski definition) is 5. The van der Waals surface area contributed by atoms with Crippen LogP contribution >= 0.6 is 0 Å². The second-order valence-corrected chi connectivity index (χ2v) is 14.4. The third-order valence-electron chi connectivity index (χ3n) is 9.66. The number of nitrogens with one attached hydrogen (secondary N) is 2. The second kappa shape index (κ2) is 11.4. The van der Waals surface area contributed by atoms with Crippen LogP contribution in [0, 0.1) is 5.92 Å². The Morgan fingerprint density at radius 2 is 1.71 bits per heavy atom. The van der Waals surface area contributed by atoms with E-state index in [0.29, 0.717) is 38.9 Å². The lowest BCUT2D eigenvalue weighted by Crippen LogP contribution is -2.50. The van der Waals surface area contributed by atoms with Crippen LogP contribution in [0.1, 0.15) is 43.2 Å². The van der Waals surface area contributed by atoms with Gasteiger partial charge in [0.1, 0.15) is 0 Å². The number of sulfonamides is 1. The highest BCUT2D eigenvalue weighted by atomic mass is 32.2. The van der Waals surface area contributed by atoms with Crippen LogP contribution in [0.5, 0.6) is 0 Å². The molecule has 2 saturated heterocycles. The molecule has 2 aromatic carbocycles. The van der Waals surface area contributed by atoms with Crippen molar-refractivity contribution in [1.82, 2.24) is 20.1 Å². The number of benzene rings is 2. The van der Waals surface area contributed by atoms with Gasteiger partial charge in [0, 0.05) is 60.5 Å². The van der Waals surface area contributed by atoms with Crippen molar-refractivity contribution in [2.75, 3.05) is 50.3 Å². The minimum atomic E-state index is -3.39. The molecule has 2 N–H and O–H groups in total. The van der Waals surface area contributed by atoms with Crippen molar-refractivity contribution in [3.8, 4) is 0 Å². The van der Waals surface area contributed by atoms with Crippen molar-refractivity contribution in [2.24, 2.45) is 5.92 Å². The second-order valence-electron chi connectivity index (χ2n) is 12.5. The van der Waals surface area contributed by atoms with Crippen LogP contribution in [-0.4, -0.2) is 87.1 Å². The number of H-pyrrole nitrogens is 1. The molecule has 1 spiro atoms. The summed E-state index contributed by atoms with van der Waals surface area (Å²) in [6, 6.07) is 15.5. The summed E-state index contributed by atoms with van der Waals surface area (Å²) in [7, 11) is -1.31. The number of para-hydroxylation sites is 2. The molecule has 3 aromatic rings. The van der Waals surface area contributed by atoms with Crippen LogP contribution in [0.2, 0.25) is 0 Å². The van der Waals surface area contributed by atoms with E-state index < -0.39 is 10.0 Å². The summed E-state index contributed by atoms with van der Waals surface area (Å²) in [5.41, 5.74) is 3.66. The Hall–Kier alpha value is -3.37. The highest BCUT2D eigenvalue weighted by molar-refractivity contribution is 7.92. The molecule has 3 aliphatic rings. The Kier molecular flexibility index (Phi) is 7.78. The SMILES string of the molecule is CN1CCC(C(=O)N[C@H](CC(=O)N2CCC3(CC2)CN(S(C)(=O)=O)c2ccccc23)Cc2c[nH]c3ccccc23)CC1. The first-order valence-corrected chi connectivity index (χ1v) is 16.9. The summed E-state index contributed by atoms with van der Waals surface area (Å²) in [6.45, 7) is 3.35. The fraction of sp³-hybridized carbons (Fsp3) is 0.500. The lowest BCUT2D eigenvalue weighted by Gasteiger charge is -2.40. The molecule has 4 heterocycles. The lowest BCUT2D eigenvalue weighted by atomic mass is 9.74. The Balaban J connectivity index is 1.16. The van der Waals surface area contributed by atoms with Gasteiger partial charge in [0.25, 0.3) is 0 Å². The first-order valence-electron chi connectivity index (χ1n) is 15.0. The number of piperidine rings is 2. The number of hydrogen-bond donors (Lipinski definition) is 2. The molecule has 10 heteroatoms. The molecule has 0 radical (unpaired) electrons. The smallest absolute Gasteiger partial charge is 0.232 e.